The molecule has 0 unspecified atom stereocenters. The molecular weight excluding hydrogens is 589 g/mol. The van der Waals surface area contributed by atoms with Gasteiger partial charge in [-0.25, -0.2) is 14.2 Å². The van der Waals surface area contributed by atoms with E-state index in [0.717, 1.165) is 28.9 Å². The molecule has 244 valence electrons. The molecule has 1 amide bonds. The summed E-state index contributed by atoms with van der Waals surface area (Å²) in [6.45, 7) is 9.26. The van der Waals surface area contributed by atoms with Crippen molar-refractivity contribution in [1.29, 1.82) is 0 Å². The Bertz CT molecular complexity index is 1660. The fourth-order valence-electron chi connectivity index (χ4n) is 7.04. The molecule has 1 saturated carbocycles. The third-order valence-electron chi connectivity index (χ3n) is 9.38. The number of aromatic nitrogens is 1. The number of carbonyl (C=O) groups is 2. The smallest absolute Gasteiger partial charge is 0.410 e. The normalized spacial score (nSPS) is 21.8. The highest BCUT2D eigenvalue weighted by Crippen LogP contribution is 2.62. The number of esters is 1. The topological polar surface area (TPSA) is 90.4 Å². The summed E-state index contributed by atoms with van der Waals surface area (Å²) in [4.78, 5) is 34.2. The van der Waals surface area contributed by atoms with E-state index in [2.05, 4.69) is 4.90 Å². The minimum absolute atomic E-state index is 0.0395. The number of aryl methyl sites for hydroxylation is 1. The Hall–Kier alpha value is -4.18. The molecule has 1 aromatic heterocycles. The zero-order valence-corrected chi connectivity index (χ0v) is 27.4. The molecule has 1 saturated heterocycles. The Kier molecular flexibility index (Phi) is 8.43. The number of amides is 1. The van der Waals surface area contributed by atoms with Crippen LogP contribution in [0.25, 0.3) is 11.3 Å². The maximum absolute atomic E-state index is 15.8. The largest absolute Gasteiger partial charge is 0.488 e. The van der Waals surface area contributed by atoms with E-state index in [-0.39, 0.29) is 30.4 Å². The summed E-state index contributed by atoms with van der Waals surface area (Å²) in [7, 11) is 3.08. The molecule has 3 aliphatic rings. The lowest BCUT2D eigenvalue weighted by Crippen LogP contribution is -2.44. The number of anilines is 1. The third-order valence-corrected chi connectivity index (χ3v) is 9.38. The van der Waals surface area contributed by atoms with Crippen LogP contribution >= 0.6 is 0 Å². The van der Waals surface area contributed by atoms with Crippen LogP contribution in [-0.2, 0) is 38.6 Å². The summed E-state index contributed by atoms with van der Waals surface area (Å²) in [6.07, 6.45) is 0.801. The molecule has 2 aliphatic heterocycles. The van der Waals surface area contributed by atoms with Gasteiger partial charge in [-0.05, 0) is 81.3 Å². The molecule has 2 fully saturated rings. The first-order chi connectivity index (χ1) is 22.0. The average molecular weight is 632 g/mol. The van der Waals surface area contributed by atoms with Gasteiger partial charge in [-0.2, -0.15) is 0 Å². The molecule has 0 N–H and O–H groups in total. The number of methoxy groups -OCH3 is 2. The molecular formula is C36H42FN3O6. The molecule has 46 heavy (non-hydrogen) atoms. The van der Waals surface area contributed by atoms with Crippen molar-refractivity contribution in [2.45, 2.75) is 65.3 Å². The van der Waals surface area contributed by atoms with E-state index in [0.29, 0.717) is 55.2 Å². The van der Waals surface area contributed by atoms with Crippen molar-refractivity contribution in [3.63, 3.8) is 0 Å². The summed E-state index contributed by atoms with van der Waals surface area (Å²) in [5.74, 6) is 1.10. The van der Waals surface area contributed by atoms with Crippen molar-refractivity contribution in [1.82, 2.24) is 9.88 Å². The number of rotatable bonds is 8. The van der Waals surface area contributed by atoms with Crippen LogP contribution in [-0.4, -0.2) is 67.5 Å². The van der Waals surface area contributed by atoms with Crippen molar-refractivity contribution in [2.24, 2.45) is 11.3 Å². The molecule has 6 rings (SSSR count). The van der Waals surface area contributed by atoms with Gasteiger partial charge in [-0.15, -0.1) is 0 Å². The van der Waals surface area contributed by atoms with E-state index in [1.807, 2.05) is 70.2 Å². The summed E-state index contributed by atoms with van der Waals surface area (Å²) >= 11 is 0. The number of hydrogen-bond donors (Lipinski definition) is 0. The van der Waals surface area contributed by atoms with Gasteiger partial charge in [-0.3, -0.25) is 4.79 Å². The lowest BCUT2D eigenvalue weighted by molar-refractivity contribution is -0.148. The Balaban J connectivity index is 1.21. The highest BCUT2D eigenvalue weighted by atomic mass is 19.1. The highest BCUT2D eigenvalue weighted by molar-refractivity contribution is 5.84. The summed E-state index contributed by atoms with van der Waals surface area (Å²) in [5.41, 5.74) is 3.09. The maximum Gasteiger partial charge on any atom is 0.410 e. The molecule has 1 aliphatic carbocycles. The van der Waals surface area contributed by atoms with E-state index in [1.54, 1.807) is 18.1 Å². The van der Waals surface area contributed by atoms with Crippen molar-refractivity contribution in [2.75, 3.05) is 38.8 Å². The van der Waals surface area contributed by atoms with Crippen LogP contribution in [0.2, 0.25) is 0 Å². The second-order valence-electron chi connectivity index (χ2n) is 13.5. The Morgan fingerprint density at radius 1 is 1.09 bits per heavy atom. The molecule has 10 heteroatoms. The number of halogens is 1. The van der Waals surface area contributed by atoms with Gasteiger partial charge in [0.2, 0.25) is 0 Å². The molecule has 3 atom stereocenters. The van der Waals surface area contributed by atoms with Gasteiger partial charge < -0.3 is 28.7 Å². The summed E-state index contributed by atoms with van der Waals surface area (Å²) < 4.78 is 38.4. The van der Waals surface area contributed by atoms with Crippen LogP contribution in [0.3, 0.4) is 0 Å². The Morgan fingerprint density at radius 3 is 2.61 bits per heavy atom. The van der Waals surface area contributed by atoms with Crippen molar-refractivity contribution >= 4 is 17.9 Å². The first kappa shape index (κ1) is 31.8. The predicted molar refractivity (Wildman–Crippen MR) is 171 cm³/mol. The average Bonchev–Trinajstić information content (AvgIpc) is 3.67. The van der Waals surface area contributed by atoms with Crippen molar-refractivity contribution < 1.29 is 32.9 Å². The number of carbonyl (C=O) groups excluding carboxylic acids is 2. The minimum Gasteiger partial charge on any atom is -0.488 e. The van der Waals surface area contributed by atoms with Gasteiger partial charge in [0.15, 0.2) is 0 Å². The van der Waals surface area contributed by atoms with E-state index < -0.39 is 17.1 Å². The van der Waals surface area contributed by atoms with Gasteiger partial charge in [0.1, 0.15) is 29.6 Å². The minimum atomic E-state index is -0.594. The van der Waals surface area contributed by atoms with Gasteiger partial charge >= 0.3 is 12.1 Å². The second kappa shape index (κ2) is 12.2. The third kappa shape index (κ3) is 5.79. The number of para-hydroxylation sites is 1. The Labute approximate surface area is 269 Å². The number of nitrogens with zero attached hydrogens (tertiary/aromatic N) is 3. The number of pyridine rings is 1. The Morgan fingerprint density at radius 2 is 1.87 bits per heavy atom. The van der Waals surface area contributed by atoms with Crippen molar-refractivity contribution in [3.05, 3.63) is 76.6 Å². The zero-order chi connectivity index (χ0) is 32.8. The SMILES string of the molecule is COC[C@H]1N(c2cccc(-c3cccc(C)c3OCc3ccc4c(c3F)CCN(C(=O)OC(C)(C)C)C4)n2)C[C@@H]2C[C@@]21C(=O)OC. The maximum atomic E-state index is 15.8. The van der Waals surface area contributed by atoms with Gasteiger partial charge in [0.25, 0.3) is 0 Å². The van der Waals surface area contributed by atoms with E-state index >= 15 is 4.39 Å². The zero-order valence-electron chi connectivity index (χ0n) is 27.4. The van der Waals surface area contributed by atoms with Crippen LogP contribution in [0.15, 0.2) is 48.5 Å². The first-order valence-electron chi connectivity index (χ1n) is 15.8. The lowest BCUT2D eigenvalue weighted by atomic mass is 9.96. The van der Waals surface area contributed by atoms with E-state index in [1.165, 1.54) is 7.11 Å². The van der Waals surface area contributed by atoms with Gasteiger partial charge in [-0.1, -0.05) is 30.3 Å². The molecule has 0 bridgehead atoms. The monoisotopic (exact) mass is 631 g/mol. The van der Waals surface area contributed by atoms with E-state index in [4.69, 9.17) is 23.9 Å². The number of fused-ring (bicyclic) bond motifs is 2. The predicted octanol–water partition coefficient (Wildman–Crippen LogP) is 6.08. The molecule has 3 aromatic rings. The quantitative estimate of drug-likeness (QED) is 0.276. The molecule has 0 spiro atoms. The van der Waals surface area contributed by atoms with Crippen LogP contribution in [0.5, 0.6) is 5.75 Å². The standard InChI is InChI=1S/C36H42FN3O6/c1-22-9-7-10-27(28-11-8-12-30(38-28)40-19-25-17-36(25,33(41)44-6)29(40)21-43-5)32(22)45-20-24-14-13-23-18-39(16-15-26(23)31(24)37)34(42)46-35(2,3)4/h7-14,25,29H,15-21H2,1-6H3/t25-,29+,36+/m0/s1. The highest BCUT2D eigenvalue weighted by Gasteiger charge is 2.71. The molecule has 3 heterocycles. The summed E-state index contributed by atoms with van der Waals surface area (Å²) in [5, 5.41) is 0. The first-order valence-corrected chi connectivity index (χ1v) is 15.8. The van der Waals surface area contributed by atoms with Crippen molar-refractivity contribution in [3.8, 4) is 17.0 Å². The number of benzene rings is 2. The fraction of sp³-hybridized carbons (Fsp3) is 0.472. The van der Waals surface area contributed by atoms with Crippen LogP contribution in [0, 0.1) is 24.1 Å². The molecule has 9 nitrogen and oxygen atoms in total. The van der Waals surface area contributed by atoms with Crippen LogP contribution < -0.4 is 9.64 Å². The fourth-order valence-corrected chi connectivity index (χ4v) is 7.04. The van der Waals surface area contributed by atoms with Gasteiger partial charge in [0.05, 0.1) is 30.9 Å². The second-order valence-corrected chi connectivity index (χ2v) is 13.5. The van der Waals surface area contributed by atoms with E-state index in [9.17, 15) is 9.59 Å². The summed E-state index contributed by atoms with van der Waals surface area (Å²) in [6, 6.07) is 15.1. The number of hydrogen-bond acceptors (Lipinski definition) is 8. The van der Waals surface area contributed by atoms with Crippen LogP contribution in [0.1, 0.15) is 49.4 Å². The molecule has 2 aromatic carbocycles. The number of piperidine rings is 1. The molecule has 0 radical (unpaired) electrons. The number of ether oxygens (including phenoxy) is 4. The van der Waals surface area contributed by atoms with Gasteiger partial charge in [0, 0.05) is 37.9 Å². The lowest BCUT2D eigenvalue weighted by Gasteiger charge is -2.31. The van der Waals surface area contributed by atoms with Crippen LogP contribution in [0.4, 0.5) is 15.0 Å².